The Bertz CT molecular complexity index is 717. The van der Waals surface area contributed by atoms with Crippen LogP contribution in [0.4, 0.5) is 11.4 Å². The van der Waals surface area contributed by atoms with Crippen LogP contribution in [0.3, 0.4) is 0 Å². The van der Waals surface area contributed by atoms with Gasteiger partial charge < -0.3 is 20.7 Å². The van der Waals surface area contributed by atoms with Crippen molar-refractivity contribution in [2.45, 2.75) is 13.8 Å². The van der Waals surface area contributed by atoms with Crippen LogP contribution in [0.1, 0.15) is 12.5 Å². The van der Waals surface area contributed by atoms with E-state index >= 15 is 0 Å². The molecule has 132 valence electrons. The third-order valence-corrected chi connectivity index (χ3v) is 3.52. The average molecular weight is 341 g/mol. The summed E-state index contributed by atoms with van der Waals surface area (Å²) in [6.45, 7) is 4.34. The Morgan fingerprint density at radius 3 is 2.44 bits per heavy atom. The van der Waals surface area contributed by atoms with Gasteiger partial charge in [-0.05, 0) is 36.8 Å². The Kier molecular flexibility index (Phi) is 6.83. The molecule has 0 aromatic heterocycles. The number of rotatable bonds is 8. The van der Waals surface area contributed by atoms with Crippen molar-refractivity contribution in [3.63, 3.8) is 0 Å². The van der Waals surface area contributed by atoms with Crippen molar-refractivity contribution in [3.05, 3.63) is 54.1 Å². The highest BCUT2D eigenvalue weighted by atomic mass is 16.5. The fourth-order valence-electron chi connectivity index (χ4n) is 2.27. The number of ether oxygens (including phenoxy) is 1. The van der Waals surface area contributed by atoms with Crippen LogP contribution in [0.15, 0.2) is 48.5 Å². The number of anilines is 2. The SMILES string of the molecule is CC(=O)Nc1cccc(NCC(=O)NCCOc2ccccc2)c1C. The zero-order valence-electron chi connectivity index (χ0n) is 14.5. The molecule has 0 bridgehead atoms. The normalized spacial score (nSPS) is 10.0. The maximum atomic E-state index is 11.9. The molecular weight excluding hydrogens is 318 g/mol. The standard InChI is InChI=1S/C19H23N3O3/c1-14-17(9-6-10-18(14)22-15(2)23)21-13-19(24)20-11-12-25-16-7-4-3-5-8-16/h3-10,21H,11-13H2,1-2H3,(H,20,24)(H,22,23). The summed E-state index contributed by atoms with van der Waals surface area (Å²) < 4.78 is 5.52. The van der Waals surface area contributed by atoms with Crippen molar-refractivity contribution in [2.24, 2.45) is 0 Å². The van der Waals surface area contributed by atoms with Gasteiger partial charge in [0.15, 0.2) is 0 Å². The maximum Gasteiger partial charge on any atom is 0.239 e. The monoisotopic (exact) mass is 341 g/mol. The number of hydrogen-bond acceptors (Lipinski definition) is 4. The molecule has 0 radical (unpaired) electrons. The van der Waals surface area contributed by atoms with E-state index in [9.17, 15) is 9.59 Å². The highest BCUT2D eigenvalue weighted by Crippen LogP contribution is 2.22. The van der Waals surface area contributed by atoms with E-state index < -0.39 is 0 Å². The number of nitrogens with one attached hydrogen (secondary N) is 3. The second kappa shape index (κ2) is 9.32. The minimum absolute atomic E-state index is 0.124. The van der Waals surface area contributed by atoms with Gasteiger partial charge in [-0.2, -0.15) is 0 Å². The predicted octanol–water partition coefficient (Wildman–Crippen LogP) is 2.56. The molecular formula is C19H23N3O3. The third kappa shape index (κ3) is 6.18. The van der Waals surface area contributed by atoms with Gasteiger partial charge >= 0.3 is 0 Å². The molecule has 0 fully saturated rings. The first-order chi connectivity index (χ1) is 12.1. The summed E-state index contributed by atoms with van der Waals surface area (Å²) in [6.07, 6.45) is 0. The van der Waals surface area contributed by atoms with E-state index in [4.69, 9.17) is 4.74 Å². The molecule has 2 aromatic rings. The first-order valence-electron chi connectivity index (χ1n) is 8.12. The number of carbonyl (C=O) groups excluding carboxylic acids is 2. The second-order valence-corrected chi connectivity index (χ2v) is 5.52. The Labute approximate surface area is 147 Å². The van der Waals surface area contributed by atoms with Crippen molar-refractivity contribution < 1.29 is 14.3 Å². The van der Waals surface area contributed by atoms with Gasteiger partial charge in [0.05, 0.1) is 13.1 Å². The number of hydrogen-bond donors (Lipinski definition) is 3. The Balaban J connectivity index is 1.73. The fourth-order valence-corrected chi connectivity index (χ4v) is 2.27. The van der Waals surface area contributed by atoms with Gasteiger partial charge in [-0.25, -0.2) is 0 Å². The lowest BCUT2D eigenvalue weighted by Crippen LogP contribution is -2.33. The van der Waals surface area contributed by atoms with Crippen molar-refractivity contribution in [3.8, 4) is 5.75 Å². The summed E-state index contributed by atoms with van der Waals surface area (Å²) in [5, 5.41) is 8.64. The van der Waals surface area contributed by atoms with Crippen LogP contribution in [0, 0.1) is 6.92 Å². The van der Waals surface area contributed by atoms with Gasteiger partial charge in [0, 0.05) is 18.3 Å². The van der Waals surface area contributed by atoms with Crippen LogP contribution in [0.5, 0.6) is 5.75 Å². The molecule has 0 saturated carbocycles. The lowest BCUT2D eigenvalue weighted by Gasteiger charge is -2.13. The van der Waals surface area contributed by atoms with Crippen LogP contribution in [-0.2, 0) is 9.59 Å². The molecule has 0 saturated heterocycles. The van der Waals surface area contributed by atoms with E-state index in [1.807, 2.05) is 55.5 Å². The molecule has 0 aliphatic rings. The van der Waals surface area contributed by atoms with Crippen molar-refractivity contribution in [1.82, 2.24) is 5.32 Å². The summed E-state index contributed by atoms with van der Waals surface area (Å²) in [5.41, 5.74) is 2.43. The first-order valence-corrected chi connectivity index (χ1v) is 8.12. The van der Waals surface area contributed by atoms with Gasteiger partial charge in [0.2, 0.25) is 11.8 Å². The Morgan fingerprint density at radius 2 is 1.72 bits per heavy atom. The quantitative estimate of drug-likeness (QED) is 0.645. The summed E-state index contributed by atoms with van der Waals surface area (Å²) in [7, 11) is 0. The van der Waals surface area contributed by atoms with Crippen LogP contribution < -0.4 is 20.7 Å². The van der Waals surface area contributed by atoms with E-state index in [0.717, 1.165) is 22.7 Å². The summed E-state index contributed by atoms with van der Waals surface area (Å²) in [4.78, 5) is 23.1. The largest absolute Gasteiger partial charge is 0.492 e. The molecule has 0 aliphatic carbocycles. The maximum absolute atomic E-state index is 11.9. The zero-order valence-corrected chi connectivity index (χ0v) is 14.5. The molecule has 2 amide bonds. The molecule has 0 heterocycles. The number of carbonyl (C=O) groups is 2. The van der Waals surface area contributed by atoms with Crippen LogP contribution in [0.25, 0.3) is 0 Å². The van der Waals surface area contributed by atoms with Crippen LogP contribution >= 0.6 is 0 Å². The first kappa shape index (κ1) is 18.3. The molecule has 2 aromatic carbocycles. The van der Waals surface area contributed by atoms with E-state index in [1.165, 1.54) is 6.92 Å². The average Bonchev–Trinajstić information content (AvgIpc) is 2.60. The van der Waals surface area contributed by atoms with Gasteiger partial charge in [0.25, 0.3) is 0 Å². The molecule has 6 heteroatoms. The highest BCUT2D eigenvalue weighted by Gasteiger charge is 2.07. The van der Waals surface area contributed by atoms with Crippen molar-refractivity contribution in [1.29, 1.82) is 0 Å². The molecule has 25 heavy (non-hydrogen) atoms. The molecule has 0 atom stereocenters. The van der Waals surface area contributed by atoms with E-state index in [1.54, 1.807) is 0 Å². The topological polar surface area (TPSA) is 79.5 Å². The molecule has 2 rings (SSSR count). The number of benzene rings is 2. The Hall–Kier alpha value is -3.02. The minimum atomic E-state index is -0.128. The van der Waals surface area contributed by atoms with E-state index in [0.29, 0.717) is 13.2 Å². The lowest BCUT2D eigenvalue weighted by molar-refractivity contribution is -0.119. The third-order valence-electron chi connectivity index (χ3n) is 3.52. The smallest absolute Gasteiger partial charge is 0.239 e. The molecule has 0 unspecified atom stereocenters. The summed E-state index contributed by atoms with van der Waals surface area (Å²) in [5.74, 6) is 0.526. The van der Waals surface area contributed by atoms with E-state index in [-0.39, 0.29) is 18.4 Å². The van der Waals surface area contributed by atoms with Gasteiger partial charge in [-0.15, -0.1) is 0 Å². The fraction of sp³-hybridized carbons (Fsp3) is 0.263. The molecule has 0 spiro atoms. The van der Waals surface area contributed by atoms with Crippen LogP contribution in [-0.4, -0.2) is 31.5 Å². The highest BCUT2D eigenvalue weighted by molar-refractivity contribution is 5.91. The summed E-state index contributed by atoms with van der Waals surface area (Å²) >= 11 is 0. The van der Waals surface area contributed by atoms with E-state index in [2.05, 4.69) is 16.0 Å². The summed E-state index contributed by atoms with van der Waals surface area (Å²) in [6, 6.07) is 15.0. The lowest BCUT2D eigenvalue weighted by atomic mass is 10.1. The van der Waals surface area contributed by atoms with Gasteiger partial charge in [-0.3, -0.25) is 9.59 Å². The predicted molar refractivity (Wildman–Crippen MR) is 98.9 cm³/mol. The second-order valence-electron chi connectivity index (χ2n) is 5.52. The molecule has 3 N–H and O–H groups in total. The van der Waals surface area contributed by atoms with Crippen LogP contribution in [0.2, 0.25) is 0 Å². The Morgan fingerprint density at radius 1 is 1.00 bits per heavy atom. The molecule has 6 nitrogen and oxygen atoms in total. The molecule has 0 aliphatic heterocycles. The van der Waals surface area contributed by atoms with Crippen molar-refractivity contribution in [2.75, 3.05) is 30.3 Å². The number of para-hydroxylation sites is 1. The zero-order chi connectivity index (χ0) is 18.1. The number of amides is 2. The van der Waals surface area contributed by atoms with Gasteiger partial charge in [0.1, 0.15) is 12.4 Å². The van der Waals surface area contributed by atoms with Crippen molar-refractivity contribution >= 4 is 23.2 Å². The van der Waals surface area contributed by atoms with Gasteiger partial charge in [-0.1, -0.05) is 24.3 Å². The minimum Gasteiger partial charge on any atom is -0.492 e.